The average Bonchev–Trinajstić information content (AvgIpc) is 3.12. The SMILES string of the molecule is CCn1c(C)nc2cc(C(=O)NN=Cc3ccsc3)ccc21. The number of carbonyl (C=O) groups is 1. The Hall–Kier alpha value is -2.47. The number of nitrogens with zero attached hydrogens (tertiary/aromatic N) is 3. The van der Waals surface area contributed by atoms with Crippen molar-refractivity contribution in [3.05, 3.63) is 52.0 Å². The number of aromatic nitrogens is 2. The van der Waals surface area contributed by atoms with E-state index in [4.69, 9.17) is 0 Å². The van der Waals surface area contributed by atoms with Gasteiger partial charge in [-0.15, -0.1) is 0 Å². The van der Waals surface area contributed by atoms with Crippen molar-refractivity contribution in [2.45, 2.75) is 20.4 Å². The minimum atomic E-state index is -0.239. The summed E-state index contributed by atoms with van der Waals surface area (Å²) in [7, 11) is 0. The molecule has 1 amide bonds. The first-order valence-electron chi connectivity index (χ1n) is 7.01. The third kappa shape index (κ3) is 2.78. The Labute approximate surface area is 132 Å². The van der Waals surface area contributed by atoms with Crippen LogP contribution >= 0.6 is 11.3 Å². The molecule has 0 aliphatic carbocycles. The van der Waals surface area contributed by atoms with Crippen molar-refractivity contribution in [2.24, 2.45) is 5.10 Å². The van der Waals surface area contributed by atoms with Crippen molar-refractivity contribution in [1.29, 1.82) is 0 Å². The topological polar surface area (TPSA) is 59.3 Å². The van der Waals surface area contributed by atoms with Gasteiger partial charge in [0.1, 0.15) is 5.82 Å². The Morgan fingerprint density at radius 2 is 2.32 bits per heavy atom. The summed E-state index contributed by atoms with van der Waals surface area (Å²) < 4.78 is 2.12. The molecule has 1 aromatic carbocycles. The van der Waals surface area contributed by atoms with Crippen LogP contribution in [-0.4, -0.2) is 21.7 Å². The maximum absolute atomic E-state index is 12.1. The molecule has 0 spiro atoms. The number of aryl methyl sites for hydroxylation is 2. The maximum Gasteiger partial charge on any atom is 0.271 e. The van der Waals surface area contributed by atoms with E-state index in [-0.39, 0.29) is 5.91 Å². The fourth-order valence-electron chi connectivity index (χ4n) is 2.37. The van der Waals surface area contributed by atoms with Gasteiger partial charge in [-0.2, -0.15) is 16.4 Å². The van der Waals surface area contributed by atoms with Gasteiger partial charge in [0.15, 0.2) is 0 Å². The molecule has 1 N–H and O–H groups in total. The molecule has 0 aliphatic rings. The van der Waals surface area contributed by atoms with Crippen LogP contribution in [-0.2, 0) is 6.54 Å². The second kappa shape index (κ2) is 6.11. The predicted molar refractivity (Wildman–Crippen MR) is 89.5 cm³/mol. The fraction of sp³-hybridized carbons (Fsp3) is 0.188. The van der Waals surface area contributed by atoms with Crippen LogP contribution in [0.1, 0.15) is 28.7 Å². The van der Waals surface area contributed by atoms with Crippen molar-refractivity contribution in [2.75, 3.05) is 0 Å². The van der Waals surface area contributed by atoms with Crippen molar-refractivity contribution >= 4 is 34.5 Å². The third-order valence-electron chi connectivity index (χ3n) is 3.44. The summed E-state index contributed by atoms with van der Waals surface area (Å²) in [5.74, 6) is 0.711. The summed E-state index contributed by atoms with van der Waals surface area (Å²) in [5, 5.41) is 7.89. The Bertz CT molecular complexity index is 833. The molecule has 0 aliphatic heterocycles. The Morgan fingerprint density at radius 1 is 1.45 bits per heavy atom. The van der Waals surface area contributed by atoms with E-state index in [0.29, 0.717) is 5.56 Å². The lowest BCUT2D eigenvalue weighted by Gasteiger charge is -2.03. The molecule has 0 radical (unpaired) electrons. The average molecular weight is 312 g/mol. The molecular formula is C16H16N4OS. The molecule has 0 bridgehead atoms. The summed E-state index contributed by atoms with van der Waals surface area (Å²) >= 11 is 1.59. The normalized spacial score (nSPS) is 11.4. The van der Waals surface area contributed by atoms with Crippen LogP contribution in [0.2, 0.25) is 0 Å². The number of hydrogen-bond acceptors (Lipinski definition) is 4. The van der Waals surface area contributed by atoms with E-state index in [0.717, 1.165) is 29.0 Å². The Morgan fingerprint density at radius 3 is 3.05 bits per heavy atom. The third-order valence-corrected chi connectivity index (χ3v) is 4.14. The number of imidazole rings is 1. The second-order valence-electron chi connectivity index (χ2n) is 4.86. The van der Waals surface area contributed by atoms with Crippen LogP contribution in [0.15, 0.2) is 40.1 Å². The lowest BCUT2D eigenvalue weighted by molar-refractivity contribution is 0.0955. The molecule has 112 valence electrons. The van der Waals surface area contributed by atoms with E-state index in [2.05, 4.69) is 27.0 Å². The summed E-state index contributed by atoms with van der Waals surface area (Å²) in [4.78, 5) is 16.6. The quantitative estimate of drug-likeness (QED) is 0.594. The number of hydrazone groups is 1. The smallest absolute Gasteiger partial charge is 0.271 e. The molecule has 0 saturated carbocycles. The summed E-state index contributed by atoms with van der Waals surface area (Å²) in [6, 6.07) is 7.46. The highest BCUT2D eigenvalue weighted by Gasteiger charge is 2.10. The number of thiophene rings is 1. The van der Waals surface area contributed by atoms with Crippen molar-refractivity contribution in [3.8, 4) is 0 Å². The summed E-state index contributed by atoms with van der Waals surface area (Å²) in [6.45, 7) is 4.90. The maximum atomic E-state index is 12.1. The molecule has 0 unspecified atom stereocenters. The molecule has 0 fully saturated rings. The monoisotopic (exact) mass is 312 g/mol. The number of hydrogen-bond donors (Lipinski definition) is 1. The Kier molecular flexibility index (Phi) is 4.02. The van der Waals surface area contributed by atoms with Crippen molar-refractivity contribution < 1.29 is 4.79 Å². The highest BCUT2D eigenvalue weighted by molar-refractivity contribution is 7.08. The molecule has 2 heterocycles. The van der Waals surface area contributed by atoms with Gasteiger partial charge in [-0.1, -0.05) is 0 Å². The summed E-state index contributed by atoms with van der Waals surface area (Å²) in [6.07, 6.45) is 1.63. The zero-order valence-corrected chi connectivity index (χ0v) is 13.2. The highest BCUT2D eigenvalue weighted by Crippen LogP contribution is 2.17. The first-order valence-corrected chi connectivity index (χ1v) is 7.96. The van der Waals surface area contributed by atoms with Crippen molar-refractivity contribution in [1.82, 2.24) is 15.0 Å². The first-order chi connectivity index (χ1) is 10.7. The number of carbonyl (C=O) groups excluding carboxylic acids is 1. The van der Waals surface area contributed by atoms with Gasteiger partial charge in [-0.25, -0.2) is 10.4 Å². The van der Waals surface area contributed by atoms with Gasteiger partial charge in [0.25, 0.3) is 5.91 Å². The van der Waals surface area contributed by atoms with E-state index in [9.17, 15) is 4.79 Å². The van der Waals surface area contributed by atoms with Crippen LogP contribution in [0.3, 0.4) is 0 Å². The second-order valence-corrected chi connectivity index (χ2v) is 5.64. The number of nitrogens with one attached hydrogen (secondary N) is 1. The van der Waals surface area contributed by atoms with Crippen LogP contribution < -0.4 is 5.43 Å². The van der Waals surface area contributed by atoms with Gasteiger partial charge in [-0.3, -0.25) is 4.79 Å². The number of benzene rings is 1. The van der Waals surface area contributed by atoms with Gasteiger partial charge in [0.05, 0.1) is 17.2 Å². The van der Waals surface area contributed by atoms with Gasteiger partial charge < -0.3 is 4.57 Å². The zero-order chi connectivity index (χ0) is 15.5. The fourth-order valence-corrected chi connectivity index (χ4v) is 2.98. The van der Waals surface area contributed by atoms with Crippen LogP contribution in [0, 0.1) is 6.92 Å². The minimum Gasteiger partial charge on any atom is -0.329 e. The van der Waals surface area contributed by atoms with E-state index < -0.39 is 0 Å². The van der Waals surface area contributed by atoms with Crippen molar-refractivity contribution in [3.63, 3.8) is 0 Å². The Balaban J connectivity index is 1.79. The van der Waals surface area contributed by atoms with E-state index >= 15 is 0 Å². The van der Waals surface area contributed by atoms with Gasteiger partial charge in [-0.05, 0) is 48.9 Å². The minimum absolute atomic E-state index is 0.239. The van der Waals surface area contributed by atoms with Crippen LogP contribution in [0.5, 0.6) is 0 Å². The lowest BCUT2D eigenvalue weighted by Crippen LogP contribution is -2.17. The lowest BCUT2D eigenvalue weighted by atomic mass is 10.2. The molecule has 0 atom stereocenters. The standard InChI is InChI=1S/C16H16N4OS/c1-3-20-11(2)18-14-8-13(4-5-15(14)20)16(21)19-17-9-12-6-7-22-10-12/h4-10H,3H2,1-2H3,(H,19,21). The van der Waals surface area contributed by atoms with Gasteiger partial charge >= 0.3 is 0 Å². The molecule has 5 nitrogen and oxygen atoms in total. The van der Waals surface area contributed by atoms with Crippen LogP contribution in [0.25, 0.3) is 11.0 Å². The van der Waals surface area contributed by atoms with Gasteiger partial charge in [0, 0.05) is 17.7 Å². The molecule has 0 saturated heterocycles. The van der Waals surface area contributed by atoms with E-state index in [1.54, 1.807) is 29.7 Å². The molecule has 2 aromatic heterocycles. The largest absolute Gasteiger partial charge is 0.329 e. The molecule has 22 heavy (non-hydrogen) atoms. The predicted octanol–water partition coefficient (Wildman–Crippen LogP) is 3.19. The van der Waals surface area contributed by atoms with E-state index in [1.807, 2.05) is 29.8 Å². The molecular weight excluding hydrogens is 296 g/mol. The molecule has 6 heteroatoms. The summed E-state index contributed by atoms with van der Waals surface area (Å²) in [5.41, 5.74) is 5.93. The zero-order valence-electron chi connectivity index (χ0n) is 12.4. The van der Waals surface area contributed by atoms with E-state index in [1.165, 1.54) is 0 Å². The highest BCUT2D eigenvalue weighted by atomic mass is 32.1. The van der Waals surface area contributed by atoms with Gasteiger partial charge in [0.2, 0.25) is 0 Å². The molecule has 3 aromatic rings. The number of amides is 1. The number of rotatable bonds is 4. The first kappa shape index (κ1) is 14.5. The van der Waals surface area contributed by atoms with Crippen LogP contribution in [0.4, 0.5) is 0 Å². The molecule has 3 rings (SSSR count). The number of fused-ring (bicyclic) bond motifs is 1.